The number of nitrogens with zero attached hydrogens (tertiary/aromatic N) is 3. The van der Waals surface area contributed by atoms with Crippen molar-refractivity contribution in [2.24, 2.45) is 17.8 Å². The number of aryl methyl sites for hydroxylation is 1. The van der Waals surface area contributed by atoms with Crippen molar-refractivity contribution in [3.05, 3.63) is 28.1 Å². The Bertz CT molecular complexity index is 513. The first-order chi connectivity index (χ1) is 8.95. The van der Waals surface area contributed by atoms with Crippen LogP contribution in [0.15, 0.2) is 17.3 Å². The predicted molar refractivity (Wildman–Crippen MR) is 77.2 cm³/mol. The summed E-state index contributed by atoms with van der Waals surface area (Å²) < 4.78 is 1.41. The second kappa shape index (κ2) is 8.00. The Morgan fingerprint density at radius 1 is 1.50 bits per heavy atom. The van der Waals surface area contributed by atoms with Crippen LogP contribution in [0, 0.1) is 10.1 Å². The molecule has 0 aromatic carbocycles. The van der Waals surface area contributed by atoms with Crippen molar-refractivity contribution in [1.29, 1.82) is 0 Å². The number of hydrogen-bond donors (Lipinski definition) is 3. The third-order valence-electron chi connectivity index (χ3n) is 2.39. The van der Waals surface area contributed by atoms with Gasteiger partial charge in [-0.15, -0.1) is 12.4 Å². The summed E-state index contributed by atoms with van der Waals surface area (Å²) in [5.74, 6) is -0.104. The fourth-order valence-electron chi connectivity index (χ4n) is 1.41. The maximum atomic E-state index is 11.8. The molecule has 10 heteroatoms. The van der Waals surface area contributed by atoms with Crippen LogP contribution >= 0.6 is 12.4 Å². The molecule has 9 nitrogen and oxygen atoms in total. The van der Waals surface area contributed by atoms with Gasteiger partial charge in [0.15, 0.2) is 5.96 Å². The van der Waals surface area contributed by atoms with Crippen molar-refractivity contribution in [3.8, 4) is 0 Å². The highest BCUT2D eigenvalue weighted by molar-refractivity contribution is 5.93. The molecule has 1 amide bonds. The second-order valence-corrected chi connectivity index (χ2v) is 3.74. The molecule has 0 saturated carbocycles. The van der Waals surface area contributed by atoms with E-state index in [2.05, 4.69) is 15.6 Å². The number of rotatable bonds is 5. The minimum absolute atomic E-state index is 0. The summed E-state index contributed by atoms with van der Waals surface area (Å²) in [5.41, 5.74) is 5.52. The zero-order valence-electron chi connectivity index (χ0n) is 11.1. The maximum absolute atomic E-state index is 11.8. The zero-order chi connectivity index (χ0) is 14.4. The topological polar surface area (TPSA) is 128 Å². The third kappa shape index (κ3) is 4.76. The average molecular weight is 305 g/mol. The van der Waals surface area contributed by atoms with Crippen molar-refractivity contribution in [1.82, 2.24) is 15.2 Å². The Hall–Kier alpha value is -2.29. The average Bonchev–Trinajstić information content (AvgIpc) is 2.76. The predicted octanol–water partition coefficient (Wildman–Crippen LogP) is -0.381. The molecular weight excluding hydrogens is 288 g/mol. The van der Waals surface area contributed by atoms with E-state index in [0.29, 0.717) is 13.1 Å². The SMILES string of the molecule is CN=C(N)NCCNC(=O)c1cc([N+](=O)[O-])cn1C.Cl. The van der Waals surface area contributed by atoms with E-state index in [4.69, 9.17) is 5.73 Å². The lowest BCUT2D eigenvalue weighted by molar-refractivity contribution is -0.384. The van der Waals surface area contributed by atoms with Gasteiger partial charge in [0.25, 0.3) is 11.6 Å². The van der Waals surface area contributed by atoms with Crippen molar-refractivity contribution in [3.63, 3.8) is 0 Å². The van der Waals surface area contributed by atoms with E-state index >= 15 is 0 Å². The number of carbonyl (C=O) groups excluding carboxylic acids is 1. The monoisotopic (exact) mass is 304 g/mol. The van der Waals surface area contributed by atoms with Crippen LogP contribution in [-0.4, -0.2) is 41.5 Å². The summed E-state index contributed by atoms with van der Waals surface area (Å²) in [4.78, 5) is 25.5. The zero-order valence-corrected chi connectivity index (χ0v) is 11.9. The molecule has 1 aromatic heterocycles. The molecule has 0 spiro atoms. The van der Waals surface area contributed by atoms with Gasteiger partial charge in [0.05, 0.1) is 11.1 Å². The largest absolute Gasteiger partial charge is 0.370 e. The molecule has 0 aliphatic heterocycles. The Kier molecular flexibility index (Phi) is 7.08. The number of amides is 1. The summed E-state index contributed by atoms with van der Waals surface area (Å²) in [7, 11) is 3.12. The lowest BCUT2D eigenvalue weighted by atomic mass is 10.4. The third-order valence-corrected chi connectivity index (χ3v) is 2.39. The number of halogens is 1. The van der Waals surface area contributed by atoms with Gasteiger partial charge in [-0.2, -0.15) is 0 Å². The van der Waals surface area contributed by atoms with Gasteiger partial charge in [-0.1, -0.05) is 0 Å². The lowest BCUT2D eigenvalue weighted by Gasteiger charge is -2.07. The Labute approximate surface area is 121 Å². The summed E-state index contributed by atoms with van der Waals surface area (Å²) in [6.07, 6.45) is 1.29. The standard InChI is InChI=1S/C10H16N6O3.ClH/c1-12-10(11)14-4-3-13-9(17)8-5-7(16(18)19)6-15(8)2;/h5-6H,3-4H2,1-2H3,(H,13,17)(H3,11,12,14);1H. The van der Waals surface area contributed by atoms with Gasteiger partial charge in [-0.05, 0) is 0 Å². The highest BCUT2D eigenvalue weighted by atomic mass is 35.5. The summed E-state index contributed by atoms with van der Waals surface area (Å²) in [6, 6.07) is 1.23. The first-order valence-corrected chi connectivity index (χ1v) is 5.50. The van der Waals surface area contributed by atoms with Crippen molar-refractivity contribution in [2.45, 2.75) is 0 Å². The number of hydrogen-bond acceptors (Lipinski definition) is 4. The van der Waals surface area contributed by atoms with Crippen LogP contribution in [0.1, 0.15) is 10.5 Å². The van der Waals surface area contributed by atoms with Crippen LogP contribution in [0.4, 0.5) is 5.69 Å². The van der Waals surface area contributed by atoms with E-state index in [1.54, 1.807) is 14.1 Å². The molecule has 0 unspecified atom stereocenters. The molecule has 0 radical (unpaired) electrons. The number of guanidine groups is 1. The molecule has 1 aromatic rings. The molecule has 1 heterocycles. The highest BCUT2D eigenvalue weighted by Crippen LogP contribution is 2.14. The number of carbonyl (C=O) groups is 1. The molecule has 0 saturated heterocycles. The summed E-state index contributed by atoms with van der Waals surface area (Å²) in [6.45, 7) is 0.745. The van der Waals surface area contributed by atoms with Crippen LogP contribution in [0.2, 0.25) is 0 Å². The van der Waals surface area contributed by atoms with Crippen LogP contribution < -0.4 is 16.4 Å². The Morgan fingerprint density at radius 3 is 2.60 bits per heavy atom. The first-order valence-electron chi connectivity index (χ1n) is 5.50. The van der Waals surface area contributed by atoms with E-state index in [0.717, 1.165) is 0 Å². The van der Waals surface area contributed by atoms with Crippen LogP contribution in [0.3, 0.4) is 0 Å². The molecule has 20 heavy (non-hydrogen) atoms. The highest BCUT2D eigenvalue weighted by Gasteiger charge is 2.16. The Morgan fingerprint density at radius 2 is 2.10 bits per heavy atom. The van der Waals surface area contributed by atoms with Crippen LogP contribution in [0.25, 0.3) is 0 Å². The molecule has 0 atom stereocenters. The smallest absolute Gasteiger partial charge is 0.287 e. The van der Waals surface area contributed by atoms with Gasteiger partial charge < -0.3 is 20.9 Å². The molecule has 112 valence electrons. The van der Waals surface area contributed by atoms with Crippen LogP contribution in [0.5, 0.6) is 0 Å². The minimum Gasteiger partial charge on any atom is -0.370 e. The molecule has 0 bridgehead atoms. The van der Waals surface area contributed by atoms with Gasteiger partial charge in [0.2, 0.25) is 0 Å². The van der Waals surface area contributed by atoms with Crippen molar-refractivity contribution in [2.75, 3.05) is 20.1 Å². The number of nitrogens with one attached hydrogen (secondary N) is 2. The van der Waals surface area contributed by atoms with Crippen molar-refractivity contribution >= 4 is 30.0 Å². The van der Waals surface area contributed by atoms with E-state index in [1.807, 2.05) is 0 Å². The number of aliphatic imine (C=N–C) groups is 1. The van der Waals surface area contributed by atoms with E-state index < -0.39 is 4.92 Å². The Balaban J connectivity index is 0.00000361. The normalized spacial score (nSPS) is 10.6. The number of nitrogens with two attached hydrogens (primary N) is 1. The van der Waals surface area contributed by atoms with E-state index in [9.17, 15) is 14.9 Å². The minimum atomic E-state index is -0.545. The summed E-state index contributed by atoms with van der Waals surface area (Å²) in [5, 5.41) is 16.0. The summed E-state index contributed by atoms with van der Waals surface area (Å²) >= 11 is 0. The maximum Gasteiger partial charge on any atom is 0.287 e. The van der Waals surface area contributed by atoms with Crippen molar-refractivity contribution < 1.29 is 9.72 Å². The number of aromatic nitrogens is 1. The first kappa shape index (κ1) is 17.7. The molecule has 4 N–H and O–H groups in total. The van der Waals surface area contributed by atoms with E-state index in [-0.39, 0.29) is 35.7 Å². The molecule has 0 aliphatic carbocycles. The molecule has 1 rings (SSSR count). The lowest BCUT2D eigenvalue weighted by Crippen LogP contribution is -2.38. The fraction of sp³-hybridized carbons (Fsp3) is 0.400. The van der Waals surface area contributed by atoms with Gasteiger partial charge in [-0.3, -0.25) is 19.9 Å². The molecule has 0 fully saturated rings. The number of nitro groups is 1. The van der Waals surface area contributed by atoms with Gasteiger partial charge in [0, 0.05) is 33.3 Å². The quantitative estimate of drug-likeness (QED) is 0.225. The van der Waals surface area contributed by atoms with Crippen LogP contribution in [-0.2, 0) is 7.05 Å². The van der Waals surface area contributed by atoms with E-state index in [1.165, 1.54) is 16.8 Å². The molecule has 0 aliphatic rings. The van der Waals surface area contributed by atoms with Gasteiger partial charge >= 0.3 is 0 Å². The van der Waals surface area contributed by atoms with Gasteiger partial charge in [-0.25, -0.2) is 0 Å². The van der Waals surface area contributed by atoms with Gasteiger partial charge in [0.1, 0.15) is 5.69 Å². The molecular formula is C10H17ClN6O3. The fourth-order valence-corrected chi connectivity index (χ4v) is 1.41. The second-order valence-electron chi connectivity index (χ2n) is 3.74.